The molecule has 2 heterocycles. The highest BCUT2D eigenvalue weighted by molar-refractivity contribution is 5.74. The van der Waals surface area contributed by atoms with Gasteiger partial charge in [0.25, 0.3) is 0 Å². The van der Waals surface area contributed by atoms with Crippen LogP contribution in [0.2, 0.25) is 0 Å². The maximum Gasteiger partial charge on any atom is 0.317 e. The van der Waals surface area contributed by atoms with Gasteiger partial charge in [-0.15, -0.1) is 0 Å². The molecule has 3 aromatic rings. The van der Waals surface area contributed by atoms with Gasteiger partial charge in [-0.2, -0.15) is 10.2 Å². The summed E-state index contributed by atoms with van der Waals surface area (Å²) in [6.07, 6.45) is 7.38. The lowest BCUT2D eigenvalue weighted by atomic mass is 10.2. The Kier molecular flexibility index (Phi) is 5.90. The molecule has 0 radical (unpaired) electrons. The van der Waals surface area contributed by atoms with Crippen LogP contribution in [0.15, 0.2) is 55.1 Å². The summed E-state index contributed by atoms with van der Waals surface area (Å²) in [7, 11) is 1.88. The van der Waals surface area contributed by atoms with Gasteiger partial charge >= 0.3 is 6.03 Å². The normalized spacial score (nSPS) is 11.0. The molecular formula is C20H26N6O. The van der Waals surface area contributed by atoms with Crippen LogP contribution in [-0.2, 0) is 20.1 Å². The molecule has 0 atom stereocenters. The summed E-state index contributed by atoms with van der Waals surface area (Å²) in [5, 5.41) is 11.5. The summed E-state index contributed by atoms with van der Waals surface area (Å²) in [5.41, 5.74) is 3.03. The molecule has 0 aliphatic rings. The molecule has 2 amide bonds. The van der Waals surface area contributed by atoms with Gasteiger partial charge in [-0.05, 0) is 29.7 Å². The smallest absolute Gasteiger partial charge is 0.317 e. The van der Waals surface area contributed by atoms with E-state index in [1.807, 2.05) is 54.7 Å². The first-order valence-electron chi connectivity index (χ1n) is 9.10. The maximum absolute atomic E-state index is 12.7. The first-order valence-corrected chi connectivity index (χ1v) is 9.10. The number of nitrogens with one attached hydrogen (secondary N) is 1. The minimum atomic E-state index is -0.0722. The van der Waals surface area contributed by atoms with Crippen LogP contribution < -0.4 is 5.32 Å². The Morgan fingerprint density at radius 2 is 2.07 bits per heavy atom. The van der Waals surface area contributed by atoms with Crippen molar-refractivity contribution in [3.63, 3.8) is 0 Å². The first-order chi connectivity index (χ1) is 13.0. The second-order valence-electron chi connectivity index (χ2n) is 7.08. The van der Waals surface area contributed by atoms with Crippen LogP contribution in [0.3, 0.4) is 0 Å². The summed E-state index contributed by atoms with van der Waals surface area (Å²) in [5.74, 6) is 0.385. The molecule has 1 aromatic carbocycles. The minimum Gasteiger partial charge on any atom is -0.334 e. The fourth-order valence-electron chi connectivity index (χ4n) is 2.95. The monoisotopic (exact) mass is 366 g/mol. The number of hydrogen-bond donors (Lipinski definition) is 1. The number of aryl methyl sites for hydroxylation is 1. The summed E-state index contributed by atoms with van der Waals surface area (Å²) in [6, 6.07) is 9.81. The molecule has 27 heavy (non-hydrogen) atoms. The number of carbonyl (C=O) groups excluding carboxylic acids is 1. The Balaban J connectivity index is 1.64. The van der Waals surface area contributed by atoms with E-state index >= 15 is 0 Å². The van der Waals surface area contributed by atoms with Crippen LogP contribution in [0.25, 0.3) is 5.69 Å². The molecule has 7 heteroatoms. The van der Waals surface area contributed by atoms with Crippen LogP contribution in [0.1, 0.15) is 25.0 Å². The van der Waals surface area contributed by atoms with Gasteiger partial charge in [0.2, 0.25) is 0 Å². The zero-order valence-electron chi connectivity index (χ0n) is 16.0. The molecule has 1 N–H and O–H groups in total. The van der Waals surface area contributed by atoms with Crippen molar-refractivity contribution in [1.29, 1.82) is 0 Å². The molecule has 0 saturated carbocycles. The SMILES string of the molecule is CC(C)CN(Cc1cnn(C)c1)C(=O)NCc1cccc(-n2cccn2)c1. The zero-order valence-corrected chi connectivity index (χ0v) is 16.0. The molecule has 0 unspecified atom stereocenters. The van der Waals surface area contributed by atoms with Crippen LogP contribution in [-0.4, -0.2) is 37.0 Å². The van der Waals surface area contributed by atoms with E-state index in [2.05, 4.69) is 29.4 Å². The summed E-state index contributed by atoms with van der Waals surface area (Å²) < 4.78 is 3.56. The standard InChI is InChI=1S/C20H26N6O/c1-16(2)13-25(15-18-12-23-24(3)14-18)20(27)21-11-17-6-4-7-19(10-17)26-9-5-8-22-26/h4-10,12,14,16H,11,13,15H2,1-3H3,(H,21,27). The van der Waals surface area contributed by atoms with Crippen molar-refractivity contribution >= 4 is 6.03 Å². The largest absolute Gasteiger partial charge is 0.334 e. The fraction of sp³-hybridized carbons (Fsp3) is 0.350. The first kappa shape index (κ1) is 18.7. The Hall–Kier alpha value is -3.09. The van der Waals surface area contributed by atoms with E-state index in [4.69, 9.17) is 0 Å². The fourth-order valence-corrected chi connectivity index (χ4v) is 2.95. The van der Waals surface area contributed by atoms with Gasteiger partial charge < -0.3 is 10.2 Å². The van der Waals surface area contributed by atoms with E-state index in [1.54, 1.807) is 21.8 Å². The third-order valence-corrected chi connectivity index (χ3v) is 4.13. The number of aromatic nitrogens is 4. The molecule has 0 aliphatic heterocycles. The quantitative estimate of drug-likeness (QED) is 0.699. The van der Waals surface area contributed by atoms with Gasteiger partial charge in [-0.3, -0.25) is 4.68 Å². The van der Waals surface area contributed by atoms with Crippen LogP contribution >= 0.6 is 0 Å². The highest BCUT2D eigenvalue weighted by atomic mass is 16.2. The van der Waals surface area contributed by atoms with E-state index in [0.717, 1.165) is 16.8 Å². The van der Waals surface area contributed by atoms with Crippen molar-refractivity contribution < 1.29 is 4.79 Å². The molecule has 0 bridgehead atoms. The molecule has 0 saturated heterocycles. The van der Waals surface area contributed by atoms with Gasteiger partial charge in [-0.1, -0.05) is 26.0 Å². The molecule has 2 aromatic heterocycles. The number of nitrogens with zero attached hydrogens (tertiary/aromatic N) is 5. The lowest BCUT2D eigenvalue weighted by Crippen LogP contribution is -2.41. The van der Waals surface area contributed by atoms with Crippen molar-refractivity contribution in [2.75, 3.05) is 6.54 Å². The topological polar surface area (TPSA) is 68.0 Å². The minimum absolute atomic E-state index is 0.0722. The van der Waals surface area contributed by atoms with Crippen molar-refractivity contribution in [3.05, 3.63) is 66.2 Å². The number of benzene rings is 1. The van der Waals surface area contributed by atoms with Crippen molar-refractivity contribution in [2.45, 2.75) is 26.9 Å². The van der Waals surface area contributed by atoms with E-state index in [-0.39, 0.29) is 6.03 Å². The van der Waals surface area contributed by atoms with E-state index in [0.29, 0.717) is 25.6 Å². The predicted molar refractivity (Wildman–Crippen MR) is 104 cm³/mol. The van der Waals surface area contributed by atoms with Gasteiger partial charge in [0.05, 0.1) is 18.4 Å². The summed E-state index contributed by atoms with van der Waals surface area (Å²) in [4.78, 5) is 14.6. The predicted octanol–water partition coefficient (Wildman–Crippen LogP) is 2.97. The van der Waals surface area contributed by atoms with Crippen LogP contribution in [0.5, 0.6) is 0 Å². The van der Waals surface area contributed by atoms with Crippen molar-refractivity contribution in [3.8, 4) is 5.69 Å². The van der Waals surface area contributed by atoms with Crippen LogP contribution in [0.4, 0.5) is 4.79 Å². The van der Waals surface area contributed by atoms with E-state index < -0.39 is 0 Å². The van der Waals surface area contributed by atoms with Crippen molar-refractivity contribution in [1.82, 2.24) is 29.8 Å². The van der Waals surface area contributed by atoms with Gasteiger partial charge in [0.15, 0.2) is 0 Å². The van der Waals surface area contributed by atoms with Crippen LogP contribution in [0, 0.1) is 5.92 Å². The summed E-state index contributed by atoms with van der Waals surface area (Å²) in [6.45, 7) is 5.92. The molecule has 7 nitrogen and oxygen atoms in total. The number of urea groups is 1. The average molecular weight is 366 g/mol. The Bertz CT molecular complexity index is 868. The molecule has 3 rings (SSSR count). The van der Waals surface area contributed by atoms with Crippen molar-refractivity contribution in [2.24, 2.45) is 13.0 Å². The number of rotatable bonds is 7. The Morgan fingerprint density at radius 3 is 2.74 bits per heavy atom. The van der Waals surface area contributed by atoms with Gasteiger partial charge in [0, 0.05) is 44.3 Å². The highest BCUT2D eigenvalue weighted by Gasteiger charge is 2.16. The zero-order chi connectivity index (χ0) is 19.2. The van der Waals surface area contributed by atoms with E-state index in [9.17, 15) is 4.79 Å². The average Bonchev–Trinajstić information content (AvgIpc) is 3.31. The second kappa shape index (κ2) is 8.53. The maximum atomic E-state index is 12.7. The third-order valence-electron chi connectivity index (χ3n) is 4.13. The highest BCUT2D eigenvalue weighted by Crippen LogP contribution is 2.11. The second-order valence-corrected chi connectivity index (χ2v) is 7.08. The Morgan fingerprint density at radius 1 is 1.22 bits per heavy atom. The Labute approximate surface area is 159 Å². The molecule has 142 valence electrons. The molecular weight excluding hydrogens is 340 g/mol. The number of amides is 2. The summed E-state index contributed by atoms with van der Waals surface area (Å²) >= 11 is 0. The van der Waals surface area contributed by atoms with Gasteiger partial charge in [-0.25, -0.2) is 9.48 Å². The number of hydrogen-bond acceptors (Lipinski definition) is 3. The molecule has 0 aliphatic carbocycles. The molecule has 0 fully saturated rings. The lowest BCUT2D eigenvalue weighted by molar-refractivity contribution is 0.187. The van der Waals surface area contributed by atoms with E-state index in [1.165, 1.54) is 0 Å². The number of carbonyl (C=O) groups is 1. The van der Waals surface area contributed by atoms with Gasteiger partial charge in [0.1, 0.15) is 0 Å². The molecule has 0 spiro atoms. The lowest BCUT2D eigenvalue weighted by Gasteiger charge is -2.24. The third kappa shape index (κ3) is 5.20.